The summed E-state index contributed by atoms with van der Waals surface area (Å²) >= 11 is 0. The number of carbonyl (C=O) groups is 1. The second-order valence-corrected chi connectivity index (χ2v) is 9.23. The number of piperazine rings is 1. The fourth-order valence-corrected chi connectivity index (χ4v) is 4.78. The lowest BCUT2D eigenvalue weighted by molar-refractivity contribution is -0.117. The number of carbonyl (C=O) groups excluding carboxylic acids is 1. The van der Waals surface area contributed by atoms with E-state index in [1.54, 1.807) is 19.6 Å². The highest BCUT2D eigenvalue weighted by molar-refractivity contribution is 5.91. The third kappa shape index (κ3) is 5.03. The molecule has 1 amide bonds. The van der Waals surface area contributed by atoms with Gasteiger partial charge < -0.3 is 30.1 Å². The third-order valence-electron chi connectivity index (χ3n) is 6.84. The molecular formula is C26H32N8O2. The van der Waals surface area contributed by atoms with Crippen molar-refractivity contribution >= 4 is 39.8 Å². The van der Waals surface area contributed by atoms with Gasteiger partial charge in [-0.3, -0.25) is 4.79 Å². The Morgan fingerprint density at radius 2 is 1.94 bits per heavy atom. The smallest absolute Gasteiger partial charge is 0.243 e. The van der Waals surface area contributed by atoms with Crippen LogP contribution in [0.2, 0.25) is 0 Å². The monoisotopic (exact) mass is 488 g/mol. The summed E-state index contributed by atoms with van der Waals surface area (Å²) in [6.07, 6.45) is 5.46. The first-order valence-electron chi connectivity index (χ1n) is 12.2. The number of fused-ring (bicyclic) bond motifs is 1. The van der Waals surface area contributed by atoms with Crippen LogP contribution in [0, 0.1) is 0 Å². The number of methoxy groups -OCH3 is 1. The first-order valence-corrected chi connectivity index (χ1v) is 12.2. The molecule has 3 aromatic rings. The van der Waals surface area contributed by atoms with Crippen molar-refractivity contribution in [2.24, 2.45) is 0 Å². The molecule has 2 saturated heterocycles. The zero-order valence-corrected chi connectivity index (χ0v) is 20.8. The van der Waals surface area contributed by atoms with Crippen LogP contribution in [0.25, 0.3) is 10.9 Å². The molecule has 2 aliphatic heterocycles. The second kappa shape index (κ2) is 10.4. The number of rotatable bonds is 7. The maximum Gasteiger partial charge on any atom is 0.243 e. The summed E-state index contributed by atoms with van der Waals surface area (Å²) in [5.74, 6) is 2.12. The number of likely N-dealkylation sites (N-methyl/N-ethyl adjacent to an activating group) is 1. The molecule has 0 unspecified atom stereocenters. The topological polar surface area (TPSA) is 98.8 Å². The molecule has 0 radical (unpaired) electrons. The molecule has 2 aliphatic rings. The van der Waals surface area contributed by atoms with Crippen LogP contribution < -0.4 is 25.2 Å². The van der Waals surface area contributed by atoms with E-state index in [0.717, 1.165) is 73.0 Å². The van der Waals surface area contributed by atoms with Crippen LogP contribution in [-0.2, 0) is 4.79 Å². The van der Waals surface area contributed by atoms with Gasteiger partial charge in [0.2, 0.25) is 5.91 Å². The normalized spacial score (nSPS) is 18.3. The lowest BCUT2D eigenvalue weighted by atomic mass is 10.2. The molecule has 0 spiro atoms. The van der Waals surface area contributed by atoms with Crippen molar-refractivity contribution in [2.75, 3.05) is 68.5 Å². The maximum atomic E-state index is 11.7. The molecule has 4 heterocycles. The van der Waals surface area contributed by atoms with Crippen LogP contribution in [0.4, 0.5) is 23.0 Å². The zero-order valence-electron chi connectivity index (χ0n) is 20.8. The minimum absolute atomic E-state index is 0.0584. The third-order valence-corrected chi connectivity index (χ3v) is 6.84. The van der Waals surface area contributed by atoms with E-state index in [0.29, 0.717) is 12.4 Å². The minimum Gasteiger partial charge on any atom is -0.494 e. The minimum atomic E-state index is -0.155. The molecular weight excluding hydrogens is 456 g/mol. The molecule has 10 nitrogen and oxygen atoms in total. The largest absolute Gasteiger partial charge is 0.494 e. The highest BCUT2D eigenvalue weighted by Crippen LogP contribution is 2.33. The van der Waals surface area contributed by atoms with Crippen molar-refractivity contribution in [2.45, 2.75) is 12.5 Å². The van der Waals surface area contributed by atoms with E-state index >= 15 is 0 Å². The first kappa shape index (κ1) is 23.8. The van der Waals surface area contributed by atoms with Crippen molar-refractivity contribution in [1.29, 1.82) is 0 Å². The number of anilines is 4. The highest BCUT2D eigenvalue weighted by Gasteiger charge is 2.26. The van der Waals surface area contributed by atoms with Crippen molar-refractivity contribution in [3.8, 4) is 5.75 Å². The Morgan fingerprint density at radius 3 is 2.72 bits per heavy atom. The molecule has 0 bridgehead atoms. The van der Waals surface area contributed by atoms with E-state index in [1.807, 2.05) is 12.1 Å². The quantitative estimate of drug-likeness (QED) is 0.486. The lowest BCUT2D eigenvalue weighted by Crippen LogP contribution is -2.44. The molecule has 1 aromatic carbocycles. The standard InChI is InChI=1S/C26H32N8O2/c1-4-25(35)30-18-7-8-34(16-18)26-20-14-24(27-15-22(20)28-17-29-26)31-21-6-5-19(13-23(21)36-3)33-11-9-32(2)10-12-33/h4-6,13-15,17-18H,1,7-12,16H2,2-3H3,(H,27,31)(H,30,35)/t18-/m1/s1. The van der Waals surface area contributed by atoms with E-state index in [2.05, 4.69) is 66.0 Å². The van der Waals surface area contributed by atoms with Gasteiger partial charge in [0.15, 0.2) is 0 Å². The predicted molar refractivity (Wildman–Crippen MR) is 142 cm³/mol. The molecule has 2 aromatic heterocycles. The van der Waals surface area contributed by atoms with Crippen LogP contribution in [0.3, 0.4) is 0 Å². The van der Waals surface area contributed by atoms with Gasteiger partial charge in [-0.1, -0.05) is 6.58 Å². The van der Waals surface area contributed by atoms with Crippen molar-refractivity contribution in [3.05, 3.63) is 49.4 Å². The van der Waals surface area contributed by atoms with Crippen LogP contribution in [-0.4, -0.2) is 85.2 Å². The Kier molecular flexibility index (Phi) is 6.86. The van der Waals surface area contributed by atoms with Gasteiger partial charge in [-0.25, -0.2) is 15.0 Å². The Morgan fingerprint density at radius 1 is 1.11 bits per heavy atom. The highest BCUT2D eigenvalue weighted by atomic mass is 16.5. The van der Waals surface area contributed by atoms with Gasteiger partial charge in [0.1, 0.15) is 23.7 Å². The summed E-state index contributed by atoms with van der Waals surface area (Å²) in [5, 5.41) is 7.29. The van der Waals surface area contributed by atoms with E-state index in [-0.39, 0.29) is 11.9 Å². The van der Waals surface area contributed by atoms with Gasteiger partial charge in [0.25, 0.3) is 0 Å². The Balaban J connectivity index is 1.37. The van der Waals surface area contributed by atoms with Gasteiger partial charge in [0, 0.05) is 62.5 Å². The number of aromatic nitrogens is 3. The van der Waals surface area contributed by atoms with Crippen LogP contribution in [0.15, 0.2) is 49.4 Å². The van der Waals surface area contributed by atoms with E-state index in [1.165, 1.54) is 6.08 Å². The van der Waals surface area contributed by atoms with Crippen LogP contribution in [0.5, 0.6) is 5.75 Å². The molecule has 188 valence electrons. The van der Waals surface area contributed by atoms with Crippen molar-refractivity contribution in [1.82, 2.24) is 25.2 Å². The van der Waals surface area contributed by atoms with E-state index in [4.69, 9.17) is 4.74 Å². The number of hydrogen-bond acceptors (Lipinski definition) is 9. The second-order valence-electron chi connectivity index (χ2n) is 9.23. The fraction of sp³-hybridized carbons (Fsp3) is 0.385. The van der Waals surface area contributed by atoms with Gasteiger partial charge in [0.05, 0.1) is 24.5 Å². The number of nitrogens with zero attached hydrogens (tertiary/aromatic N) is 6. The van der Waals surface area contributed by atoms with Crippen LogP contribution in [0.1, 0.15) is 6.42 Å². The zero-order chi connectivity index (χ0) is 25.1. The number of nitrogens with one attached hydrogen (secondary N) is 2. The first-order chi connectivity index (χ1) is 17.5. The molecule has 36 heavy (non-hydrogen) atoms. The molecule has 2 fully saturated rings. The summed E-state index contributed by atoms with van der Waals surface area (Å²) in [5.41, 5.74) is 2.76. The Labute approximate surface area is 211 Å². The maximum absolute atomic E-state index is 11.7. The lowest BCUT2D eigenvalue weighted by Gasteiger charge is -2.34. The average Bonchev–Trinajstić information content (AvgIpc) is 3.37. The summed E-state index contributed by atoms with van der Waals surface area (Å²) in [4.78, 5) is 32.1. The van der Waals surface area contributed by atoms with Crippen LogP contribution >= 0.6 is 0 Å². The molecule has 0 aliphatic carbocycles. The summed E-state index contributed by atoms with van der Waals surface area (Å²) in [7, 11) is 3.84. The summed E-state index contributed by atoms with van der Waals surface area (Å²) in [6, 6.07) is 8.25. The fourth-order valence-electron chi connectivity index (χ4n) is 4.78. The van der Waals surface area contributed by atoms with Crippen molar-refractivity contribution < 1.29 is 9.53 Å². The summed E-state index contributed by atoms with van der Waals surface area (Å²) in [6.45, 7) is 9.09. The van der Waals surface area contributed by atoms with E-state index < -0.39 is 0 Å². The van der Waals surface area contributed by atoms with E-state index in [9.17, 15) is 4.79 Å². The SMILES string of the molecule is C=CC(=O)N[C@@H]1CCN(c2ncnc3cnc(Nc4ccc(N5CCN(C)CC5)cc4OC)cc23)C1. The summed E-state index contributed by atoms with van der Waals surface area (Å²) < 4.78 is 5.71. The molecule has 0 saturated carbocycles. The van der Waals surface area contributed by atoms with Gasteiger partial charge in [-0.2, -0.15) is 0 Å². The number of amides is 1. The molecule has 10 heteroatoms. The Hall–Kier alpha value is -3.92. The van der Waals surface area contributed by atoms with Gasteiger partial charge in [-0.15, -0.1) is 0 Å². The number of pyridine rings is 1. The Bertz CT molecular complexity index is 1260. The molecule has 2 N–H and O–H groups in total. The van der Waals surface area contributed by atoms with Gasteiger partial charge in [-0.05, 0) is 37.7 Å². The molecule has 1 atom stereocenters. The number of hydrogen-bond donors (Lipinski definition) is 2. The predicted octanol–water partition coefficient (Wildman–Crippen LogP) is 2.41. The average molecular weight is 489 g/mol. The number of ether oxygens (including phenoxy) is 1. The van der Waals surface area contributed by atoms with Gasteiger partial charge >= 0.3 is 0 Å². The van der Waals surface area contributed by atoms with Crippen molar-refractivity contribution in [3.63, 3.8) is 0 Å². The molecule has 5 rings (SSSR count). The number of benzene rings is 1.